The summed E-state index contributed by atoms with van der Waals surface area (Å²) in [5.41, 5.74) is 5.95. The van der Waals surface area contributed by atoms with Gasteiger partial charge in [0.05, 0.1) is 25.3 Å². The Morgan fingerprint density at radius 3 is 1.22 bits per heavy atom. The highest BCUT2D eigenvalue weighted by Gasteiger charge is 2.25. The third-order valence-electron chi connectivity index (χ3n) is 11.9. The maximum absolute atomic E-state index is 12.8. The van der Waals surface area contributed by atoms with E-state index in [-0.39, 0.29) is 24.1 Å². The van der Waals surface area contributed by atoms with Crippen LogP contribution >= 0.6 is 0 Å². The molecule has 294 valence electrons. The van der Waals surface area contributed by atoms with Gasteiger partial charge < -0.3 is 18.9 Å². The summed E-state index contributed by atoms with van der Waals surface area (Å²) in [6, 6.07) is 40.5. The Hall–Kier alpha value is -6.14. The summed E-state index contributed by atoms with van der Waals surface area (Å²) < 4.78 is 22.3. The van der Waals surface area contributed by atoms with Crippen LogP contribution in [0, 0.1) is 11.8 Å². The fraction of sp³-hybridized carbons (Fsp3) is 0.269. The predicted molar refractivity (Wildman–Crippen MR) is 233 cm³/mol. The summed E-state index contributed by atoms with van der Waals surface area (Å²) in [5, 5.41) is 4.87. The minimum absolute atomic E-state index is 0.0788. The SMILES string of the molecule is COc1ccc(C(=O)OC2CCC(/C=C/c3ccc4ccccc4c3-c3c(/C=C/C4CCC(OC(=O)c5ccc(OC)cc5)CC4)ccc4ccccc34)CC2)cc1. The molecule has 2 aliphatic rings. The Morgan fingerprint density at radius 2 is 0.845 bits per heavy atom. The molecule has 0 radical (unpaired) electrons. The molecule has 2 aliphatic carbocycles. The van der Waals surface area contributed by atoms with Gasteiger partial charge in [-0.05, 0) is 156 Å². The Morgan fingerprint density at radius 1 is 0.466 bits per heavy atom. The van der Waals surface area contributed by atoms with Gasteiger partial charge in [0.15, 0.2) is 0 Å². The largest absolute Gasteiger partial charge is 0.497 e. The van der Waals surface area contributed by atoms with E-state index >= 15 is 0 Å². The average Bonchev–Trinajstić information content (AvgIpc) is 3.28. The van der Waals surface area contributed by atoms with Crippen LogP contribution < -0.4 is 9.47 Å². The fourth-order valence-corrected chi connectivity index (χ4v) is 8.58. The molecule has 6 heteroatoms. The lowest BCUT2D eigenvalue weighted by Crippen LogP contribution is -2.24. The van der Waals surface area contributed by atoms with Gasteiger partial charge in [-0.25, -0.2) is 9.59 Å². The van der Waals surface area contributed by atoms with E-state index in [4.69, 9.17) is 18.9 Å². The van der Waals surface area contributed by atoms with Gasteiger partial charge in [0.1, 0.15) is 23.7 Å². The molecule has 0 spiro atoms. The Labute approximate surface area is 341 Å². The van der Waals surface area contributed by atoms with Crippen molar-refractivity contribution in [2.75, 3.05) is 14.2 Å². The van der Waals surface area contributed by atoms with Crippen LogP contribution in [0.4, 0.5) is 0 Å². The van der Waals surface area contributed by atoms with Gasteiger partial charge in [-0.15, -0.1) is 0 Å². The van der Waals surface area contributed by atoms with Crippen molar-refractivity contribution in [3.8, 4) is 22.6 Å². The number of carbonyl (C=O) groups is 2. The smallest absolute Gasteiger partial charge is 0.338 e. The average molecular weight is 771 g/mol. The lowest BCUT2D eigenvalue weighted by atomic mass is 9.84. The number of carbonyl (C=O) groups excluding carboxylic acids is 2. The van der Waals surface area contributed by atoms with Gasteiger partial charge in [-0.1, -0.05) is 97.1 Å². The van der Waals surface area contributed by atoms with Crippen molar-refractivity contribution in [2.45, 2.75) is 63.6 Å². The van der Waals surface area contributed by atoms with Crippen LogP contribution in [0.3, 0.4) is 0 Å². The normalized spacial score (nSPS) is 19.7. The topological polar surface area (TPSA) is 71.1 Å². The number of hydrogen-bond donors (Lipinski definition) is 0. The van der Waals surface area contributed by atoms with Crippen LogP contribution in [0.1, 0.15) is 83.2 Å². The minimum atomic E-state index is -0.277. The molecule has 6 nitrogen and oxygen atoms in total. The van der Waals surface area contributed by atoms with Crippen molar-refractivity contribution in [2.24, 2.45) is 11.8 Å². The first kappa shape index (κ1) is 38.7. The molecule has 2 saturated carbocycles. The van der Waals surface area contributed by atoms with Gasteiger partial charge in [-0.3, -0.25) is 0 Å². The molecule has 2 fully saturated rings. The first-order valence-electron chi connectivity index (χ1n) is 20.6. The third kappa shape index (κ3) is 8.87. The minimum Gasteiger partial charge on any atom is -0.497 e. The summed E-state index contributed by atoms with van der Waals surface area (Å²) in [4.78, 5) is 25.7. The number of esters is 2. The van der Waals surface area contributed by atoms with Gasteiger partial charge in [-0.2, -0.15) is 0 Å². The molecular weight excluding hydrogens is 721 g/mol. The van der Waals surface area contributed by atoms with E-state index in [2.05, 4.69) is 97.1 Å². The summed E-state index contributed by atoms with van der Waals surface area (Å²) in [6.45, 7) is 0. The van der Waals surface area contributed by atoms with E-state index in [1.54, 1.807) is 62.8 Å². The molecule has 0 aliphatic heterocycles. The van der Waals surface area contributed by atoms with Crippen molar-refractivity contribution in [1.82, 2.24) is 0 Å². The molecule has 0 bridgehead atoms. The molecular formula is C52H50O6. The lowest BCUT2D eigenvalue weighted by molar-refractivity contribution is 0.0176. The number of benzene rings is 6. The van der Waals surface area contributed by atoms with E-state index in [0.717, 1.165) is 51.4 Å². The van der Waals surface area contributed by atoms with Crippen LogP contribution in [-0.4, -0.2) is 38.4 Å². The highest BCUT2D eigenvalue weighted by atomic mass is 16.5. The zero-order valence-corrected chi connectivity index (χ0v) is 33.3. The van der Waals surface area contributed by atoms with Crippen LogP contribution in [0.2, 0.25) is 0 Å². The van der Waals surface area contributed by atoms with E-state index in [1.165, 1.54) is 43.8 Å². The first-order valence-corrected chi connectivity index (χ1v) is 20.6. The molecule has 0 unspecified atom stereocenters. The maximum Gasteiger partial charge on any atom is 0.338 e. The standard InChI is InChI=1S/C52H50O6/c1-55-43-31-23-41(24-32-43)51(53)57-45-27-13-35(14-28-45)11-17-39-21-19-37-7-3-5-9-47(37)49(39)50-40(22-20-38-8-4-6-10-48(38)50)18-12-36-15-29-46(30-16-36)58-52(54)42-25-33-44(56-2)34-26-42/h3-12,17-26,31-36,45-46H,13-16,27-30H2,1-2H3/b17-11+,18-12+. The quantitative estimate of drug-likeness (QED) is 0.122. The predicted octanol–water partition coefficient (Wildman–Crippen LogP) is 12.5. The van der Waals surface area contributed by atoms with Crippen molar-refractivity contribution in [1.29, 1.82) is 0 Å². The highest BCUT2D eigenvalue weighted by Crippen LogP contribution is 2.41. The maximum atomic E-state index is 12.8. The van der Waals surface area contributed by atoms with E-state index in [9.17, 15) is 9.59 Å². The summed E-state index contributed by atoms with van der Waals surface area (Å²) in [6.07, 6.45) is 16.4. The molecule has 0 aromatic heterocycles. The molecule has 0 atom stereocenters. The van der Waals surface area contributed by atoms with Crippen molar-refractivity contribution in [3.63, 3.8) is 0 Å². The van der Waals surface area contributed by atoms with Gasteiger partial charge in [0.25, 0.3) is 0 Å². The second kappa shape index (κ2) is 18.0. The molecule has 0 amide bonds. The fourth-order valence-electron chi connectivity index (χ4n) is 8.58. The van der Waals surface area contributed by atoms with Gasteiger partial charge in [0.2, 0.25) is 0 Å². The van der Waals surface area contributed by atoms with E-state index in [1.807, 2.05) is 0 Å². The van der Waals surface area contributed by atoms with E-state index in [0.29, 0.717) is 34.5 Å². The number of methoxy groups -OCH3 is 2. The second-order valence-corrected chi connectivity index (χ2v) is 15.6. The zero-order valence-electron chi connectivity index (χ0n) is 33.3. The molecule has 0 saturated heterocycles. The number of rotatable bonds is 11. The monoisotopic (exact) mass is 770 g/mol. The molecule has 6 aromatic rings. The third-order valence-corrected chi connectivity index (χ3v) is 11.9. The first-order chi connectivity index (χ1) is 28.4. The molecule has 58 heavy (non-hydrogen) atoms. The van der Waals surface area contributed by atoms with Gasteiger partial charge in [0, 0.05) is 0 Å². The van der Waals surface area contributed by atoms with E-state index < -0.39 is 0 Å². The summed E-state index contributed by atoms with van der Waals surface area (Å²) in [5.74, 6) is 1.67. The molecule has 6 aromatic carbocycles. The van der Waals surface area contributed by atoms with Gasteiger partial charge >= 0.3 is 11.9 Å². The Kier molecular flexibility index (Phi) is 12.0. The molecule has 0 N–H and O–H groups in total. The summed E-state index contributed by atoms with van der Waals surface area (Å²) >= 11 is 0. The lowest BCUT2D eigenvalue weighted by Gasteiger charge is -2.27. The van der Waals surface area contributed by atoms with Crippen LogP contribution in [0.25, 0.3) is 44.8 Å². The summed E-state index contributed by atoms with van der Waals surface area (Å²) in [7, 11) is 3.23. The Bertz CT molecular complexity index is 2260. The van der Waals surface area contributed by atoms with Crippen LogP contribution in [0.15, 0.2) is 133 Å². The number of ether oxygens (including phenoxy) is 4. The van der Waals surface area contributed by atoms with Crippen LogP contribution in [-0.2, 0) is 9.47 Å². The van der Waals surface area contributed by atoms with Crippen molar-refractivity contribution in [3.05, 3.63) is 156 Å². The van der Waals surface area contributed by atoms with Crippen LogP contribution in [0.5, 0.6) is 11.5 Å². The number of fused-ring (bicyclic) bond motifs is 2. The highest BCUT2D eigenvalue weighted by molar-refractivity contribution is 6.10. The molecule has 0 heterocycles. The second-order valence-electron chi connectivity index (χ2n) is 15.6. The number of hydrogen-bond acceptors (Lipinski definition) is 6. The number of allylic oxidation sites excluding steroid dienone is 2. The Balaban J connectivity index is 1.00. The van der Waals surface area contributed by atoms with Crippen molar-refractivity contribution >= 4 is 45.6 Å². The molecule has 8 rings (SSSR count). The van der Waals surface area contributed by atoms with Crippen molar-refractivity contribution < 1.29 is 28.5 Å². The zero-order chi connectivity index (χ0) is 39.8.